The number of hydrogen-bond donors (Lipinski definition) is 2. The second-order valence-corrected chi connectivity index (χ2v) is 3.60. The van der Waals surface area contributed by atoms with Crippen LogP contribution < -0.4 is 10.6 Å². The van der Waals surface area contributed by atoms with E-state index < -0.39 is 0 Å². The summed E-state index contributed by atoms with van der Waals surface area (Å²) in [4.78, 5) is 2.45. The Kier molecular flexibility index (Phi) is 2.54. The van der Waals surface area contributed by atoms with E-state index in [1.165, 1.54) is 11.4 Å². The van der Waals surface area contributed by atoms with Gasteiger partial charge in [-0.05, 0) is 19.1 Å². The minimum Gasteiger partial charge on any atom is -0.383 e. The fraction of sp³-hybridized carbons (Fsp3) is 0.600. The minimum absolute atomic E-state index is 0.988. The van der Waals surface area contributed by atoms with E-state index >= 15 is 0 Å². The molecule has 0 aliphatic carbocycles. The highest BCUT2D eigenvalue weighted by Gasteiger charge is 2.13. The molecule has 1 fully saturated rings. The maximum atomic E-state index is 3.36. The molecule has 13 heavy (non-hydrogen) atoms. The molecule has 2 aliphatic heterocycles. The Bertz CT molecular complexity index is 237. The lowest BCUT2D eigenvalue weighted by molar-refractivity contribution is 0.292. The van der Waals surface area contributed by atoms with Crippen LogP contribution in [0.1, 0.15) is 6.92 Å². The second kappa shape index (κ2) is 3.83. The van der Waals surface area contributed by atoms with E-state index in [1.807, 2.05) is 0 Å². The van der Waals surface area contributed by atoms with Crippen molar-refractivity contribution in [1.29, 1.82) is 0 Å². The normalized spacial score (nSPS) is 23.3. The summed E-state index contributed by atoms with van der Waals surface area (Å²) >= 11 is 0. The summed E-state index contributed by atoms with van der Waals surface area (Å²) in [5.74, 6) is 0. The Morgan fingerprint density at radius 2 is 2.00 bits per heavy atom. The molecule has 0 unspecified atom stereocenters. The van der Waals surface area contributed by atoms with Gasteiger partial charge in [0.2, 0.25) is 0 Å². The SMILES string of the molecule is CC1=CC=C(N2CCNCC2)CN1. The lowest BCUT2D eigenvalue weighted by Crippen LogP contribution is -2.44. The molecule has 2 rings (SSSR count). The number of rotatable bonds is 1. The summed E-state index contributed by atoms with van der Waals surface area (Å²) in [6.45, 7) is 7.59. The Hall–Kier alpha value is -0.960. The first-order valence-corrected chi connectivity index (χ1v) is 4.93. The van der Waals surface area contributed by atoms with Gasteiger partial charge >= 0.3 is 0 Å². The van der Waals surface area contributed by atoms with Crippen molar-refractivity contribution in [2.45, 2.75) is 6.92 Å². The van der Waals surface area contributed by atoms with Crippen LogP contribution in [-0.2, 0) is 0 Å². The van der Waals surface area contributed by atoms with Gasteiger partial charge in [0.15, 0.2) is 0 Å². The third-order valence-electron chi connectivity index (χ3n) is 2.60. The van der Waals surface area contributed by atoms with Crippen molar-refractivity contribution >= 4 is 0 Å². The summed E-state index contributed by atoms with van der Waals surface area (Å²) in [7, 11) is 0. The molecule has 2 heterocycles. The van der Waals surface area contributed by atoms with E-state index in [0.717, 1.165) is 32.7 Å². The molecule has 0 saturated carbocycles. The lowest BCUT2D eigenvalue weighted by atomic mass is 10.2. The van der Waals surface area contributed by atoms with Crippen LogP contribution in [0.3, 0.4) is 0 Å². The molecular formula is C10H17N3. The van der Waals surface area contributed by atoms with Crippen LogP contribution in [0.25, 0.3) is 0 Å². The predicted molar refractivity (Wildman–Crippen MR) is 54.3 cm³/mol. The molecule has 2 N–H and O–H groups in total. The van der Waals surface area contributed by atoms with E-state index in [9.17, 15) is 0 Å². The molecular weight excluding hydrogens is 162 g/mol. The zero-order valence-corrected chi connectivity index (χ0v) is 8.14. The van der Waals surface area contributed by atoms with Crippen molar-refractivity contribution in [2.24, 2.45) is 0 Å². The first-order chi connectivity index (χ1) is 6.36. The monoisotopic (exact) mass is 179 g/mol. The maximum Gasteiger partial charge on any atom is 0.0546 e. The van der Waals surface area contributed by atoms with Crippen molar-refractivity contribution in [3.8, 4) is 0 Å². The summed E-state index contributed by atoms with van der Waals surface area (Å²) < 4.78 is 0. The highest BCUT2D eigenvalue weighted by atomic mass is 15.2. The summed E-state index contributed by atoms with van der Waals surface area (Å²) in [5.41, 5.74) is 2.69. The van der Waals surface area contributed by atoms with Gasteiger partial charge in [-0.2, -0.15) is 0 Å². The van der Waals surface area contributed by atoms with Gasteiger partial charge in [0.25, 0.3) is 0 Å². The molecule has 2 aliphatic rings. The number of hydrogen-bond acceptors (Lipinski definition) is 3. The topological polar surface area (TPSA) is 27.3 Å². The van der Waals surface area contributed by atoms with Crippen molar-refractivity contribution in [2.75, 3.05) is 32.7 Å². The maximum absolute atomic E-state index is 3.36. The average Bonchev–Trinajstić information content (AvgIpc) is 2.20. The first kappa shape index (κ1) is 8.63. The Labute approximate surface area is 79.5 Å². The van der Waals surface area contributed by atoms with Crippen LogP contribution in [0.5, 0.6) is 0 Å². The highest BCUT2D eigenvalue weighted by Crippen LogP contribution is 2.09. The van der Waals surface area contributed by atoms with E-state index in [0.29, 0.717) is 0 Å². The van der Waals surface area contributed by atoms with E-state index in [4.69, 9.17) is 0 Å². The third-order valence-corrected chi connectivity index (χ3v) is 2.60. The van der Waals surface area contributed by atoms with E-state index in [1.54, 1.807) is 0 Å². The molecule has 0 bridgehead atoms. The summed E-state index contributed by atoms with van der Waals surface area (Å²) in [5, 5.41) is 6.72. The molecule has 72 valence electrons. The molecule has 0 aromatic rings. The second-order valence-electron chi connectivity index (χ2n) is 3.60. The van der Waals surface area contributed by atoms with Crippen LogP contribution in [0.2, 0.25) is 0 Å². The standard InChI is InChI=1S/C10H17N3/c1-9-2-3-10(8-12-9)13-6-4-11-5-7-13/h2-3,11-12H,4-8H2,1H3. The van der Waals surface area contributed by atoms with E-state index in [2.05, 4.69) is 34.6 Å². The molecule has 0 amide bonds. The Morgan fingerprint density at radius 1 is 1.23 bits per heavy atom. The van der Waals surface area contributed by atoms with E-state index in [-0.39, 0.29) is 0 Å². The van der Waals surface area contributed by atoms with Gasteiger partial charge in [0.1, 0.15) is 0 Å². The van der Waals surface area contributed by atoms with Gasteiger partial charge in [-0.25, -0.2) is 0 Å². The average molecular weight is 179 g/mol. The number of allylic oxidation sites excluding steroid dienone is 3. The number of piperazine rings is 1. The minimum atomic E-state index is 0.988. The molecule has 0 atom stereocenters. The van der Waals surface area contributed by atoms with Gasteiger partial charge in [-0.3, -0.25) is 0 Å². The van der Waals surface area contributed by atoms with Gasteiger partial charge in [-0.1, -0.05) is 0 Å². The molecule has 0 aromatic heterocycles. The van der Waals surface area contributed by atoms with Crippen molar-refractivity contribution in [1.82, 2.24) is 15.5 Å². The third kappa shape index (κ3) is 2.04. The van der Waals surface area contributed by atoms with Crippen molar-refractivity contribution in [3.05, 3.63) is 23.5 Å². The summed E-state index contributed by atoms with van der Waals surface area (Å²) in [6, 6.07) is 0. The van der Waals surface area contributed by atoms with Crippen LogP contribution >= 0.6 is 0 Å². The quantitative estimate of drug-likeness (QED) is 0.605. The van der Waals surface area contributed by atoms with Gasteiger partial charge in [0, 0.05) is 37.6 Å². The van der Waals surface area contributed by atoms with Crippen molar-refractivity contribution < 1.29 is 0 Å². The highest BCUT2D eigenvalue weighted by molar-refractivity contribution is 5.22. The van der Waals surface area contributed by atoms with Crippen LogP contribution in [0.4, 0.5) is 0 Å². The molecule has 0 spiro atoms. The zero-order chi connectivity index (χ0) is 9.10. The predicted octanol–water partition coefficient (Wildman–Crippen LogP) is 0.283. The fourth-order valence-corrected chi connectivity index (χ4v) is 1.74. The Morgan fingerprint density at radius 3 is 2.62 bits per heavy atom. The van der Waals surface area contributed by atoms with Crippen molar-refractivity contribution in [3.63, 3.8) is 0 Å². The lowest BCUT2D eigenvalue weighted by Gasteiger charge is -2.33. The molecule has 3 nitrogen and oxygen atoms in total. The number of nitrogens with zero attached hydrogens (tertiary/aromatic N) is 1. The first-order valence-electron chi connectivity index (χ1n) is 4.93. The van der Waals surface area contributed by atoms with Crippen LogP contribution in [0, 0.1) is 0 Å². The molecule has 0 radical (unpaired) electrons. The van der Waals surface area contributed by atoms with Gasteiger partial charge < -0.3 is 15.5 Å². The zero-order valence-electron chi connectivity index (χ0n) is 8.14. The molecule has 3 heteroatoms. The fourth-order valence-electron chi connectivity index (χ4n) is 1.74. The molecule has 0 aromatic carbocycles. The van der Waals surface area contributed by atoms with Crippen LogP contribution in [0.15, 0.2) is 23.5 Å². The largest absolute Gasteiger partial charge is 0.383 e. The van der Waals surface area contributed by atoms with Gasteiger partial charge in [0.05, 0.1) is 6.54 Å². The smallest absolute Gasteiger partial charge is 0.0546 e. The Balaban J connectivity index is 1.99. The summed E-state index contributed by atoms with van der Waals surface area (Å²) in [6.07, 6.45) is 4.39. The van der Waals surface area contributed by atoms with Gasteiger partial charge in [-0.15, -0.1) is 0 Å². The van der Waals surface area contributed by atoms with Crippen LogP contribution in [-0.4, -0.2) is 37.6 Å². The number of nitrogens with one attached hydrogen (secondary N) is 2. The number of dihydropyridines is 1. The molecule has 1 saturated heterocycles.